The van der Waals surface area contributed by atoms with E-state index in [4.69, 9.17) is 16.7 Å². The lowest BCUT2D eigenvalue weighted by Gasteiger charge is -2.33. The lowest BCUT2D eigenvalue weighted by Crippen LogP contribution is -2.50. The molecule has 1 aliphatic heterocycles. The monoisotopic (exact) mass is 539 g/mol. The van der Waals surface area contributed by atoms with Crippen molar-refractivity contribution in [3.63, 3.8) is 0 Å². The van der Waals surface area contributed by atoms with Gasteiger partial charge in [0.25, 0.3) is 5.91 Å². The second kappa shape index (κ2) is 9.98. The van der Waals surface area contributed by atoms with E-state index in [9.17, 15) is 26.4 Å². The maximum absolute atomic E-state index is 13.8. The van der Waals surface area contributed by atoms with E-state index in [2.05, 4.69) is 0 Å². The maximum atomic E-state index is 13.8. The second-order valence-corrected chi connectivity index (χ2v) is 12.6. The molecule has 35 heavy (non-hydrogen) atoms. The molecule has 188 valence electrons. The fourth-order valence-corrected chi connectivity index (χ4v) is 7.20. The highest BCUT2D eigenvalue weighted by atomic mass is 35.5. The molecule has 0 aromatic heterocycles. The molecule has 0 radical (unpaired) electrons. The highest BCUT2D eigenvalue weighted by Gasteiger charge is 2.49. The molecule has 1 saturated heterocycles. The van der Waals surface area contributed by atoms with E-state index in [1.165, 1.54) is 52.8 Å². The van der Waals surface area contributed by atoms with Gasteiger partial charge >= 0.3 is 0 Å². The Morgan fingerprint density at radius 1 is 0.829 bits per heavy atom. The number of hydrogen-bond acceptors (Lipinski definition) is 6. The number of halogens is 1. The first-order valence-electron chi connectivity index (χ1n) is 11.3. The van der Waals surface area contributed by atoms with E-state index in [1.807, 2.05) is 0 Å². The summed E-state index contributed by atoms with van der Waals surface area (Å²) in [6.45, 7) is 0. The number of anilines is 1. The predicted molar refractivity (Wildman–Crippen MR) is 131 cm³/mol. The molecular formula is C23H26ClN3O6S2. The van der Waals surface area contributed by atoms with E-state index in [0.29, 0.717) is 17.9 Å². The van der Waals surface area contributed by atoms with Gasteiger partial charge < -0.3 is 0 Å². The number of primary sulfonamides is 1. The van der Waals surface area contributed by atoms with Crippen LogP contribution in [-0.2, 0) is 29.6 Å². The Hall–Kier alpha value is -2.31. The summed E-state index contributed by atoms with van der Waals surface area (Å²) in [4.78, 5) is 27.3. The molecule has 0 bridgehead atoms. The van der Waals surface area contributed by atoms with Crippen molar-refractivity contribution in [2.75, 3.05) is 4.90 Å². The topological polar surface area (TPSA) is 135 Å². The highest BCUT2D eigenvalue weighted by Crippen LogP contribution is 2.35. The van der Waals surface area contributed by atoms with Gasteiger partial charge in [-0.2, -0.15) is 4.31 Å². The van der Waals surface area contributed by atoms with Crippen molar-refractivity contribution in [3.8, 4) is 0 Å². The first kappa shape index (κ1) is 25.8. The van der Waals surface area contributed by atoms with Crippen molar-refractivity contribution >= 4 is 49.1 Å². The van der Waals surface area contributed by atoms with Crippen LogP contribution < -0.4 is 10.0 Å². The van der Waals surface area contributed by atoms with Crippen LogP contribution in [0.25, 0.3) is 0 Å². The number of benzene rings is 2. The summed E-state index contributed by atoms with van der Waals surface area (Å²) < 4.78 is 52.0. The average Bonchev–Trinajstić information content (AvgIpc) is 2.96. The fraction of sp³-hybridized carbons (Fsp3) is 0.391. The van der Waals surface area contributed by atoms with E-state index in [1.54, 1.807) is 0 Å². The lowest BCUT2D eigenvalue weighted by molar-refractivity contribution is -0.122. The van der Waals surface area contributed by atoms with Crippen LogP contribution in [0.5, 0.6) is 0 Å². The molecule has 2 aliphatic rings. The van der Waals surface area contributed by atoms with Gasteiger partial charge in [0, 0.05) is 11.1 Å². The van der Waals surface area contributed by atoms with Crippen LogP contribution in [0.1, 0.15) is 44.9 Å². The molecule has 2 amide bonds. The zero-order valence-corrected chi connectivity index (χ0v) is 21.2. The molecule has 1 heterocycles. The minimum absolute atomic E-state index is 0.00218. The molecule has 12 heteroatoms. The Balaban J connectivity index is 1.72. The number of carbonyl (C=O) groups excluding carboxylic acids is 2. The van der Waals surface area contributed by atoms with Crippen molar-refractivity contribution in [3.05, 3.63) is 53.6 Å². The smallest absolute Gasteiger partial charge is 0.252 e. The van der Waals surface area contributed by atoms with Gasteiger partial charge in [-0.25, -0.2) is 26.9 Å². The van der Waals surface area contributed by atoms with Gasteiger partial charge in [0.2, 0.25) is 26.0 Å². The summed E-state index contributed by atoms with van der Waals surface area (Å²) in [6, 6.07) is 9.12. The molecule has 1 aliphatic carbocycles. The van der Waals surface area contributed by atoms with Gasteiger partial charge in [-0.15, -0.1) is 0 Å². The number of nitrogens with two attached hydrogens (primary N) is 1. The van der Waals surface area contributed by atoms with Crippen LogP contribution in [0.3, 0.4) is 0 Å². The largest absolute Gasteiger partial charge is 0.274 e. The van der Waals surface area contributed by atoms with E-state index in [0.717, 1.165) is 30.6 Å². The van der Waals surface area contributed by atoms with Gasteiger partial charge in [-0.05, 0) is 61.4 Å². The Bertz CT molecular complexity index is 1320. The highest BCUT2D eigenvalue weighted by molar-refractivity contribution is 7.89. The molecule has 1 saturated carbocycles. The Morgan fingerprint density at radius 2 is 1.37 bits per heavy atom. The molecule has 9 nitrogen and oxygen atoms in total. The molecular weight excluding hydrogens is 514 g/mol. The number of rotatable bonds is 6. The standard InChI is InChI=1S/C23H26ClN3O6S2/c24-16-7-11-20(12-8-16)35(32,33)27(18-5-3-1-2-4-6-18)21-15-22(28)26(23(21)29)17-9-13-19(14-10-17)34(25,30)31/h7-14,18,21H,1-6,15H2,(H2,25,30,31). The molecule has 2 aromatic rings. The third kappa shape index (κ3) is 5.29. The number of imide groups is 1. The van der Waals surface area contributed by atoms with E-state index in [-0.39, 0.29) is 21.9 Å². The first-order valence-corrected chi connectivity index (χ1v) is 14.7. The predicted octanol–water partition coefficient (Wildman–Crippen LogP) is 3.03. The van der Waals surface area contributed by atoms with E-state index < -0.39 is 43.9 Å². The van der Waals surface area contributed by atoms with Crippen LogP contribution in [0.4, 0.5) is 5.69 Å². The van der Waals surface area contributed by atoms with Gasteiger partial charge in [-0.1, -0.05) is 37.3 Å². The van der Waals surface area contributed by atoms with Crippen molar-refractivity contribution in [2.45, 2.75) is 66.8 Å². The molecule has 2 fully saturated rings. The summed E-state index contributed by atoms with van der Waals surface area (Å²) >= 11 is 5.95. The van der Waals surface area contributed by atoms with Crippen molar-refractivity contribution < 1.29 is 26.4 Å². The van der Waals surface area contributed by atoms with Crippen LogP contribution in [0.15, 0.2) is 58.3 Å². The zero-order chi connectivity index (χ0) is 25.4. The van der Waals surface area contributed by atoms with Crippen LogP contribution >= 0.6 is 11.6 Å². The Labute approximate surface area is 209 Å². The maximum Gasteiger partial charge on any atom is 0.252 e. The van der Waals surface area contributed by atoms with Gasteiger partial charge in [-0.3, -0.25) is 9.59 Å². The van der Waals surface area contributed by atoms with E-state index >= 15 is 0 Å². The summed E-state index contributed by atoms with van der Waals surface area (Å²) in [5.74, 6) is -1.23. The SMILES string of the molecule is NS(=O)(=O)c1ccc(N2C(=O)CC(N(C3CCCCCC3)S(=O)(=O)c3ccc(Cl)cc3)C2=O)cc1. The zero-order valence-electron chi connectivity index (χ0n) is 18.8. The van der Waals surface area contributed by atoms with Crippen LogP contribution in [0, 0.1) is 0 Å². The first-order chi connectivity index (χ1) is 16.5. The van der Waals surface area contributed by atoms with Crippen LogP contribution in [-0.4, -0.2) is 45.0 Å². The molecule has 2 N–H and O–H groups in total. The quantitative estimate of drug-likeness (QED) is 0.443. The molecule has 0 spiro atoms. The van der Waals surface area contributed by atoms with Gasteiger partial charge in [0.05, 0.1) is 21.9 Å². The second-order valence-electron chi connectivity index (χ2n) is 8.76. The molecule has 1 atom stereocenters. The summed E-state index contributed by atoms with van der Waals surface area (Å²) in [5, 5.41) is 5.51. The summed E-state index contributed by atoms with van der Waals surface area (Å²) in [5.41, 5.74) is 0.152. The number of sulfonamides is 2. The van der Waals surface area contributed by atoms with Crippen molar-refractivity contribution in [2.24, 2.45) is 5.14 Å². The van der Waals surface area contributed by atoms with Gasteiger partial charge in [0.15, 0.2) is 0 Å². The van der Waals surface area contributed by atoms with Crippen LogP contribution in [0.2, 0.25) is 5.02 Å². The minimum atomic E-state index is -4.13. The third-order valence-corrected chi connectivity index (χ3v) is 9.58. The molecule has 2 aromatic carbocycles. The summed E-state index contributed by atoms with van der Waals surface area (Å²) in [7, 11) is -8.08. The lowest BCUT2D eigenvalue weighted by atomic mass is 10.1. The average molecular weight is 540 g/mol. The fourth-order valence-electron chi connectivity index (χ4n) is 4.73. The molecule has 4 rings (SSSR count). The molecule has 1 unspecified atom stereocenters. The Kier molecular flexibility index (Phi) is 7.35. The third-order valence-electron chi connectivity index (χ3n) is 6.43. The van der Waals surface area contributed by atoms with Crippen molar-refractivity contribution in [1.82, 2.24) is 4.31 Å². The Morgan fingerprint density at radius 3 is 1.91 bits per heavy atom. The number of hydrogen-bond donors (Lipinski definition) is 1. The van der Waals surface area contributed by atoms with Gasteiger partial charge in [0.1, 0.15) is 6.04 Å². The number of nitrogens with zero attached hydrogens (tertiary/aromatic N) is 2. The minimum Gasteiger partial charge on any atom is -0.274 e. The number of carbonyl (C=O) groups is 2. The normalized spacial score (nSPS) is 20.4. The number of amides is 2. The summed E-state index contributed by atoms with van der Waals surface area (Å²) in [6.07, 6.45) is 4.48. The van der Waals surface area contributed by atoms with Crippen molar-refractivity contribution in [1.29, 1.82) is 0 Å².